The van der Waals surface area contributed by atoms with Crippen LogP contribution in [-0.4, -0.2) is 56.1 Å². The van der Waals surface area contributed by atoms with Gasteiger partial charge < -0.3 is 9.15 Å². The Morgan fingerprint density at radius 1 is 1.07 bits per heavy atom. The summed E-state index contributed by atoms with van der Waals surface area (Å²) < 4.78 is 39.9. The van der Waals surface area contributed by atoms with Gasteiger partial charge in [-0.05, 0) is 54.6 Å². The maximum Gasteiger partial charge on any atom is 0.280 e. The molecule has 13 heteroatoms. The molecule has 1 saturated heterocycles. The van der Waals surface area contributed by atoms with Crippen LogP contribution in [0.3, 0.4) is 0 Å². The van der Waals surface area contributed by atoms with E-state index in [1.54, 1.807) is 24.3 Å². The van der Waals surface area contributed by atoms with Crippen LogP contribution in [0, 0.1) is 0 Å². The summed E-state index contributed by atoms with van der Waals surface area (Å²) in [6.07, 6.45) is 2.55. The first-order valence-electron chi connectivity index (χ1n) is 12.4. The molecule has 0 bridgehead atoms. The second-order valence-corrected chi connectivity index (χ2v) is 12.9. The number of fused-ring (bicyclic) bond motifs is 2. The number of thiazole rings is 1. The van der Waals surface area contributed by atoms with Crippen molar-refractivity contribution in [1.82, 2.24) is 9.29 Å². The number of benzene rings is 3. The van der Waals surface area contributed by atoms with Crippen molar-refractivity contribution in [3.8, 4) is 0 Å². The van der Waals surface area contributed by atoms with Gasteiger partial charge in [-0.15, -0.1) is 0 Å². The van der Waals surface area contributed by atoms with E-state index < -0.39 is 15.9 Å². The Hall–Kier alpha value is -3.75. The number of carbonyl (C=O) groups excluding carboxylic acids is 1. The first-order valence-corrected chi connectivity index (χ1v) is 15.5. The molecule has 41 heavy (non-hydrogen) atoms. The summed E-state index contributed by atoms with van der Waals surface area (Å²) in [5.41, 5.74) is 1.14. The largest absolute Gasteiger partial charge is 0.463 e. The van der Waals surface area contributed by atoms with Gasteiger partial charge >= 0.3 is 0 Å². The van der Waals surface area contributed by atoms with E-state index in [-0.39, 0.29) is 39.7 Å². The van der Waals surface area contributed by atoms with Gasteiger partial charge in [0, 0.05) is 23.1 Å². The van der Waals surface area contributed by atoms with Crippen LogP contribution in [-0.2, 0) is 14.8 Å². The van der Waals surface area contributed by atoms with Crippen molar-refractivity contribution in [1.29, 1.82) is 0 Å². The van der Waals surface area contributed by atoms with E-state index in [1.165, 1.54) is 52.4 Å². The third-order valence-electron chi connectivity index (χ3n) is 6.44. The molecule has 0 atom stereocenters. The molecular formula is C28H21BrN4O6S2. The predicted octanol–water partition coefficient (Wildman–Crippen LogP) is 4.87. The van der Waals surface area contributed by atoms with Gasteiger partial charge in [0.15, 0.2) is 0 Å². The molecule has 0 saturated carbocycles. The van der Waals surface area contributed by atoms with E-state index >= 15 is 0 Å². The smallest absolute Gasteiger partial charge is 0.280 e. The molecule has 1 amide bonds. The fourth-order valence-electron chi connectivity index (χ4n) is 4.30. The van der Waals surface area contributed by atoms with Crippen molar-refractivity contribution in [3.05, 3.63) is 98.8 Å². The lowest BCUT2D eigenvalue weighted by Crippen LogP contribution is -2.40. The minimum Gasteiger partial charge on any atom is -0.463 e. The number of aromatic nitrogens is 1. The normalized spacial score (nSPS) is 14.7. The predicted molar refractivity (Wildman–Crippen MR) is 160 cm³/mol. The number of anilines is 1. The maximum absolute atomic E-state index is 13.8. The van der Waals surface area contributed by atoms with E-state index in [0.29, 0.717) is 29.7 Å². The molecule has 10 nitrogen and oxygen atoms in total. The molecule has 208 valence electrons. The summed E-state index contributed by atoms with van der Waals surface area (Å²) in [4.78, 5) is 31.4. The molecule has 2 aromatic heterocycles. The van der Waals surface area contributed by atoms with E-state index in [1.807, 2.05) is 18.2 Å². The van der Waals surface area contributed by atoms with E-state index in [0.717, 1.165) is 14.2 Å². The van der Waals surface area contributed by atoms with Crippen LogP contribution in [0.4, 0.5) is 5.13 Å². The van der Waals surface area contributed by atoms with Crippen molar-refractivity contribution in [2.75, 3.05) is 31.3 Å². The molecule has 0 spiro atoms. The van der Waals surface area contributed by atoms with Crippen LogP contribution in [0.25, 0.3) is 21.2 Å². The molecule has 3 heterocycles. The van der Waals surface area contributed by atoms with Gasteiger partial charge in [-0.2, -0.15) is 14.4 Å². The first-order chi connectivity index (χ1) is 19.8. The van der Waals surface area contributed by atoms with E-state index in [4.69, 9.17) is 9.15 Å². The molecule has 1 aliphatic rings. The standard InChI is InChI=1S/C28H21BrN4O6S2/c29-20-7-10-23-25(15-20)40-28(31-23)33(30-16-19-17-39-24-4-2-1-3-22(24)26(19)34)27(35)18-5-8-21(9-6-18)41(36,37)32-11-13-38-14-12-32/h1-10,15-17H,11-14H2/b30-16+. The summed E-state index contributed by atoms with van der Waals surface area (Å²) in [6, 6.07) is 18.0. The Morgan fingerprint density at radius 2 is 1.83 bits per heavy atom. The van der Waals surface area contributed by atoms with Gasteiger partial charge in [0.05, 0.1) is 45.5 Å². The number of amides is 1. The number of hydrogen-bond acceptors (Lipinski definition) is 9. The number of nitrogens with zero attached hydrogens (tertiary/aromatic N) is 4. The number of ether oxygens (including phenoxy) is 1. The van der Waals surface area contributed by atoms with Gasteiger partial charge in [0.2, 0.25) is 20.6 Å². The topological polar surface area (TPSA) is 122 Å². The number of morpholine rings is 1. The van der Waals surface area contributed by atoms with Crippen LogP contribution in [0.1, 0.15) is 15.9 Å². The van der Waals surface area contributed by atoms with Crippen molar-refractivity contribution in [2.24, 2.45) is 5.10 Å². The second-order valence-electron chi connectivity index (χ2n) is 9.03. The number of hydrazone groups is 1. The first kappa shape index (κ1) is 27.4. The van der Waals surface area contributed by atoms with Crippen LogP contribution < -0.4 is 10.4 Å². The van der Waals surface area contributed by atoms with Gasteiger partial charge in [-0.3, -0.25) is 9.59 Å². The lowest BCUT2D eigenvalue weighted by molar-refractivity contribution is 0.0730. The second kappa shape index (κ2) is 11.3. The minimum atomic E-state index is -3.73. The third-order valence-corrected chi connectivity index (χ3v) is 9.84. The average Bonchev–Trinajstić information content (AvgIpc) is 3.41. The highest BCUT2D eigenvalue weighted by Gasteiger charge is 2.27. The van der Waals surface area contributed by atoms with Gasteiger partial charge in [0.25, 0.3) is 5.91 Å². The highest BCUT2D eigenvalue weighted by Crippen LogP contribution is 2.32. The molecule has 3 aromatic carbocycles. The van der Waals surface area contributed by atoms with E-state index in [9.17, 15) is 18.0 Å². The highest BCUT2D eigenvalue weighted by atomic mass is 79.9. The van der Waals surface area contributed by atoms with Gasteiger partial charge in [-0.25, -0.2) is 13.4 Å². The summed E-state index contributed by atoms with van der Waals surface area (Å²) >= 11 is 4.69. The Labute approximate surface area is 246 Å². The maximum atomic E-state index is 13.8. The third kappa shape index (κ3) is 5.46. The van der Waals surface area contributed by atoms with Crippen LogP contribution in [0.5, 0.6) is 0 Å². The number of para-hydroxylation sites is 1. The zero-order chi connectivity index (χ0) is 28.6. The zero-order valence-corrected chi connectivity index (χ0v) is 24.5. The van der Waals surface area contributed by atoms with Gasteiger partial charge in [-0.1, -0.05) is 39.4 Å². The van der Waals surface area contributed by atoms with Crippen LogP contribution in [0.15, 0.2) is 96.7 Å². The summed E-state index contributed by atoms with van der Waals surface area (Å²) in [6.45, 7) is 1.19. The molecular weight excluding hydrogens is 632 g/mol. The monoisotopic (exact) mass is 652 g/mol. The Balaban J connectivity index is 1.37. The summed E-state index contributed by atoms with van der Waals surface area (Å²) in [5, 5.41) is 6.12. The molecule has 1 aliphatic heterocycles. The number of hydrogen-bond donors (Lipinski definition) is 0. The number of sulfonamides is 1. The minimum absolute atomic E-state index is 0.0737. The SMILES string of the molecule is O=C(c1ccc(S(=O)(=O)N2CCOCC2)cc1)N(/N=C/c1coc2ccccc2c1=O)c1nc2ccc(Br)cc2s1. The number of carbonyl (C=O) groups is 1. The Kier molecular flexibility index (Phi) is 7.53. The molecule has 1 fully saturated rings. The fourth-order valence-corrected chi connectivity index (χ4v) is 7.18. The summed E-state index contributed by atoms with van der Waals surface area (Å²) in [5.74, 6) is -0.556. The van der Waals surface area contributed by atoms with Crippen molar-refractivity contribution < 1.29 is 22.4 Å². The summed E-state index contributed by atoms with van der Waals surface area (Å²) in [7, 11) is -3.73. The fraction of sp³-hybridized carbons (Fsp3) is 0.143. The van der Waals surface area contributed by atoms with Gasteiger partial charge in [0.1, 0.15) is 11.8 Å². The lowest BCUT2D eigenvalue weighted by Gasteiger charge is -2.26. The molecule has 0 N–H and O–H groups in total. The Morgan fingerprint density at radius 3 is 2.61 bits per heavy atom. The molecule has 0 radical (unpaired) electrons. The van der Waals surface area contributed by atoms with E-state index in [2.05, 4.69) is 26.0 Å². The number of rotatable bonds is 6. The lowest BCUT2D eigenvalue weighted by atomic mass is 10.2. The number of halogens is 1. The molecule has 6 rings (SSSR count). The Bertz CT molecular complexity index is 1970. The molecule has 5 aromatic rings. The van der Waals surface area contributed by atoms with Crippen molar-refractivity contribution in [2.45, 2.75) is 4.90 Å². The molecule has 0 aliphatic carbocycles. The van der Waals surface area contributed by atoms with Crippen molar-refractivity contribution >= 4 is 75.7 Å². The van der Waals surface area contributed by atoms with Crippen molar-refractivity contribution in [3.63, 3.8) is 0 Å². The average molecular weight is 654 g/mol. The molecule has 0 unspecified atom stereocenters. The van der Waals surface area contributed by atoms with Crippen LogP contribution >= 0.6 is 27.3 Å². The zero-order valence-electron chi connectivity index (χ0n) is 21.3. The highest BCUT2D eigenvalue weighted by molar-refractivity contribution is 9.10. The quantitative estimate of drug-likeness (QED) is 0.189. The van der Waals surface area contributed by atoms with Crippen LogP contribution in [0.2, 0.25) is 0 Å².